The normalized spacial score (nSPS) is 12.4. The second-order valence-corrected chi connectivity index (χ2v) is 5.09. The molecule has 0 saturated carbocycles. The number of nitrogens with zero attached hydrogens (tertiary/aromatic N) is 1. The largest absolute Gasteiger partial charge is 0.458 e. The monoisotopic (exact) mass is 246 g/mol. The molecule has 0 bridgehead atoms. The quantitative estimate of drug-likeness (QED) is 0.833. The highest BCUT2D eigenvalue weighted by atomic mass is 16.6. The number of hydrogen-bond donors (Lipinski definition) is 1. The van der Waals surface area contributed by atoms with Crippen LogP contribution in [0.3, 0.4) is 0 Å². The third kappa shape index (κ3) is 4.46. The van der Waals surface area contributed by atoms with Crippen molar-refractivity contribution in [3.63, 3.8) is 0 Å². The molecule has 0 aliphatic heterocycles. The number of nitriles is 1. The molecule has 18 heavy (non-hydrogen) atoms. The van der Waals surface area contributed by atoms with Crippen LogP contribution in [0.5, 0.6) is 0 Å². The molecule has 0 radical (unpaired) electrons. The molecule has 1 N–H and O–H groups in total. The molecule has 0 saturated heterocycles. The zero-order valence-electron chi connectivity index (χ0n) is 11.2. The van der Waals surface area contributed by atoms with Crippen molar-refractivity contribution in [1.29, 1.82) is 5.26 Å². The van der Waals surface area contributed by atoms with Crippen LogP contribution in [0.2, 0.25) is 0 Å². The van der Waals surface area contributed by atoms with Gasteiger partial charge in [-0.15, -0.1) is 0 Å². The molecule has 1 aromatic rings. The fraction of sp³-hybridized carbons (Fsp3) is 0.429. The number of esters is 1. The van der Waals surface area contributed by atoms with Crippen molar-refractivity contribution in [2.75, 3.05) is 5.32 Å². The standard InChI is InChI=1S/C14H18N2O2/c1-10(13(17)18-14(2,3)4)16-12-7-5-6-11(8-12)9-15/h5-8,10,16H,1-4H3. The summed E-state index contributed by atoms with van der Waals surface area (Å²) in [7, 11) is 0. The molecule has 1 unspecified atom stereocenters. The van der Waals surface area contributed by atoms with Gasteiger partial charge in [0.05, 0.1) is 11.6 Å². The SMILES string of the molecule is CC(Nc1cccc(C#N)c1)C(=O)OC(C)(C)C. The zero-order chi connectivity index (χ0) is 13.8. The lowest BCUT2D eigenvalue weighted by atomic mass is 10.2. The molecule has 4 nitrogen and oxygen atoms in total. The van der Waals surface area contributed by atoms with Gasteiger partial charge in [-0.1, -0.05) is 6.07 Å². The molecular formula is C14H18N2O2. The van der Waals surface area contributed by atoms with Crippen LogP contribution < -0.4 is 5.32 Å². The Morgan fingerprint density at radius 1 is 1.44 bits per heavy atom. The maximum Gasteiger partial charge on any atom is 0.328 e. The van der Waals surface area contributed by atoms with Crippen molar-refractivity contribution < 1.29 is 9.53 Å². The lowest BCUT2D eigenvalue weighted by molar-refractivity contribution is -0.155. The van der Waals surface area contributed by atoms with E-state index < -0.39 is 11.6 Å². The van der Waals surface area contributed by atoms with Gasteiger partial charge in [-0.2, -0.15) is 5.26 Å². The van der Waals surface area contributed by atoms with Gasteiger partial charge in [0.15, 0.2) is 0 Å². The van der Waals surface area contributed by atoms with Gasteiger partial charge in [0, 0.05) is 5.69 Å². The van der Waals surface area contributed by atoms with Crippen molar-refractivity contribution in [2.45, 2.75) is 39.3 Å². The predicted molar refractivity (Wildman–Crippen MR) is 70.1 cm³/mol. The Morgan fingerprint density at radius 3 is 2.67 bits per heavy atom. The number of carbonyl (C=O) groups excluding carboxylic acids is 1. The first-order chi connectivity index (χ1) is 8.31. The summed E-state index contributed by atoms with van der Waals surface area (Å²) >= 11 is 0. The molecule has 96 valence electrons. The number of anilines is 1. The number of nitrogens with one attached hydrogen (secondary N) is 1. The Bertz CT molecular complexity index is 469. The van der Waals surface area contributed by atoms with Crippen LogP contribution in [0.25, 0.3) is 0 Å². The first kappa shape index (κ1) is 14.0. The summed E-state index contributed by atoms with van der Waals surface area (Å²) in [5.74, 6) is -0.315. The molecule has 0 aliphatic rings. The number of hydrogen-bond acceptors (Lipinski definition) is 4. The van der Waals surface area contributed by atoms with E-state index in [2.05, 4.69) is 11.4 Å². The number of carbonyl (C=O) groups is 1. The van der Waals surface area contributed by atoms with Crippen LogP contribution in [-0.4, -0.2) is 17.6 Å². The van der Waals surface area contributed by atoms with Crippen molar-refractivity contribution in [2.24, 2.45) is 0 Å². The summed E-state index contributed by atoms with van der Waals surface area (Å²) in [6.07, 6.45) is 0. The number of rotatable bonds is 3. The first-order valence-corrected chi connectivity index (χ1v) is 5.81. The van der Waals surface area contributed by atoms with Gasteiger partial charge < -0.3 is 10.1 Å². The molecule has 0 aromatic heterocycles. The lowest BCUT2D eigenvalue weighted by Crippen LogP contribution is -2.34. The van der Waals surface area contributed by atoms with Gasteiger partial charge in [0.2, 0.25) is 0 Å². The zero-order valence-corrected chi connectivity index (χ0v) is 11.2. The van der Waals surface area contributed by atoms with E-state index in [0.717, 1.165) is 5.69 Å². The molecular weight excluding hydrogens is 228 g/mol. The minimum absolute atomic E-state index is 0.315. The van der Waals surface area contributed by atoms with Crippen LogP contribution in [-0.2, 0) is 9.53 Å². The van der Waals surface area contributed by atoms with Gasteiger partial charge in [-0.3, -0.25) is 0 Å². The summed E-state index contributed by atoms with van der Waals surface area (Å²) in [6.45, 7) is 7.21. The van der Waals surface area contributed by atoms with E-state index in [0.29, 0.717) is 5.56 Å². The van der Waals surface area contributed by atoms with Gasteiger partial charge >= 0.3 is 5.97 Å². The number of ether oxygens (including phenoxy) is 1. The van der Waals surface area contributed by atoms with Crippen LogP contribution in [0.15, 0.2) is 24.3 Å². The maximum absolute atomic E-state index is 11.8. The molecule has 0 fully saturated rings. The highest BCUT2D eigenvalue weighted by Crippen LogP contribution is 2.13. The van der Waals surface area contributed by atoms with Gasteiger partial charge in [0.1, 0.15) is 11.6 Å². The summed E-state index contributed by atoms with van der Waals surface area (Å²) in [6, 6.07) is 8.57. The smallest absolute Gasteiger partial charge is 0.328 e. The van der Waals surface area contributed by atoms with Crippen LogP contribution >= 0.6 is 0 Å². The molecule has 1 rings (SSSR count). The molecule has 1 atom stereocenters. The molecule has 0 spiro atoms. The lowest BCUT2D eigenvalue weighted by Gasteiger charge is -2.23. The Hall–Kier alpha value is -2.02. The third-order valence-corrected chi connectivity index (χ3v) is 2.14. The summed E-state index contributed by atoms with van der Waals surface area (Å²) in [5, 5.41) is 11.8. The van der Waals surface area contributed by atoms with Gasteiger partial charge in [-0.25, -0.2) is 4.79 Å². The van der Waals surface area contributed by atoms with Gasteiger partial charge in [-0.05, 0) is 45.9 Å². The first-order valence-electron chi connectivity index (χ1n) is 5.81. The molecule has 4 heteroatoms. The Balaban J connectivity index is 2.67. The highest BCUT2D eigenvalue weighted by Gasteiger charge is 2.21. The second-order valence-electron chi connectivity index (χ2n) is 5.09. The molecule has 1 aromatic carbocycles. The van der Waals surface area contributed by atoms with E-state index in [-0.39, 0.29) is 5.97 Å². The van der Waals surface area contributed by atoms with Crippen LogP contribution in [0.1, 0.15) is 33.3 Å². The van der Waals surface area contributed by atoms with E-state index >= 15 is 0 Å². The van der Waals surface area contributed by atoms with Gasteiger partial charge in [0.25, 0.3) is 0 Å². The van der Waals surface area contributed by atoms with Crippen LogP contribution in [0.4, 0.5) is 5.69 Å². The van der Waals surface area contributed by atoms with E-state index in [4.69, 9.17) is 10.00 Å². The van der Waals surface area contributed by atoms with Crippen LogP contribution in [0, 0.1) is 11.3 Å². The third-order valence-electron chi connectivity index (χ3n) is 2.14. The van der Waals surface area contributed by atoms with E-state index in [1.54, 1.807) is 25.1 Å². The maximum atomic E-state index is 11.8. The molecule has 0 heterocycles. The predicted octanol–water partition coefficient (Wildman–Crippen LogP) is 2.70. The summed E-state index contributed by atoms with van der Waals surface area (Å²) < 4.78 is 5.26. The van der Waals surface area contributed by atoms with Crippen molar-refractivity contribution in [1.82, 2.24) is 0 Å². The topological polar surface area (TPSA) is 62.1 Å². The minimum Gasteiger partial charge on any atom is -0.458 e. The fourth-order valence-corrected chi connectivity index (χ4v) is 1.38. The summed E-state index contributed by atoms with van der Waals surface area (Å²) in [4.78, 5) is 11.8. The summed E-state index contributed by atoms with van der Waals surface area (Å²) in [5.41, 5.74) is 0.783. The fourth-order valence-electron chi connectivity index (χ4n) is 1.38. The van der Waals surface area contributed by atoms with E-state index in [9.17, 15) is 4.79 Å². The van der Waals surface area contributed by atoms with E-state index in [1.807, 2.05) is 26.8 Å². The van der Waals surface area contributed by atoms with Crippen molar-refractivity contribution >= 4 is 11.7 Å². The number of benzene rings is 1. The van der Waals surface area contributed by atoms with Crippen molar-refractivity contribution in [3.05, 3.63) is 29.8 Å². The highest BCUT2D eigenvalue weighted by molar-refractivity contribution is 5.79. The second kappa shape index (κ2) is 5.54. The minimum atomic E-state index is -0.498. The Labute approximate surface area is 108 Å². The van der Waals surface area contributed by atoms with Crippen molar-refractivity contribution in [3.8, 4) is 6.07 Å². The molecule has 0 amide bonds. The average molecular weight is 246 g/mol. The van der Waals surface area contributed by atoms with E-state index in [1.165, 1.54) is 0 Å². The Morgan fingerprint density at radius 2 is 2.11 bits per heavy atom. The molecule has 0 aliphatic carbocycles. The average Bonchev–Trinajstić information content (AvgIpc) is 2.27. The Kier molecular flexibility index (Phi) is 4.33.